The molecule has 11 aromatic rings. The summed E-state index contributed by atoms with van der Waals surface area (Å²) >= 11 is 0. The average Bonchev–Trinajstić information content (AvgIpc) is 3.69. The minimum atomic E-state index is -0.313. The van der Waals surface area contributed by atoms with Crippen LogP contribution in [0.3, 0.4) is 0 Å². The van der Waals surface area contributed by atoms with Crippen LogP contribution in [0.5, 0.6) is 0 Å². The van der Waals surface area contributed by atoms with Crippen LogP contribution in [0.4, 0.5) is 17.1 Å². The number of benzene rings is 11. The monoisotopic (exact) mass is 883 g/mol. The van der Waals surface area contributed by atoms with Crippen LogP contribution in [0.2, 0.25) is 0 Å². The van der Waals surface area contributed by atoms with Crippen molar-refractivity contribution in [1.82, 2.24) is 0 Å². The molecular formula is C68H53N. The van der Waals surface area contributed by atoms with Gasteiger partial charge in [0.05, 0.1) is 11.4 Å². The van der Waals surface area contributed by atoms with Crippen molar-refractivity contribution in [3.63, 3.8) is 0 Å². The number of nitrogens with zero attached hydrogens (tertiary/aromatic N) is 1. The molecule has 11 aromatic carbocycles. The Morgan fingerprint density at radius 1 is 0.391 bits per heavy atom. The molecule has 13 rings (SSSR count). The molecule has 0 aromatic heterocycles. The highest BCUT2D eigenvalue weighted by Gasteiger charge is 2.42. The minimum Gasteiger partial charge on any atom is -0.309 e. The van der Waals surface area contributed by atoms with Gasteiger partial charge >= 0.3 is 0 Å². The Morgan fingerprint density at radius 2 is 0.971 bits per heavy atom. The summed E-state index contributed by atoms with van der Waals surface area (Å²) in [6, 6.07) is 88.8. The van der Waals surface area contributed by atoms with Gasteiger partial charge in [-0.05, 0) is 138 Å². The number of fused-ring (bicyclic) bond motifs is 7. The zero-order valence-corrected chi connectivity index (χ0v) is 39.1. The molecule has 0 bridgehead atoms. The van der Waals surface area contributed by atoms with Crippen molar-refractivity contribution in [2.75, 3.05) is 4.90 Å². The van der Waals surface area contributed by atoms with Crippen LogP contribution >= 0.6 is 0 Å². The third kappa shape index (κ3) is 6.74. The van der Waals surface area contributed by atoms with Gasteiger partial charge in [0, 0.05) is 22.2 Å². The van der Waals surface area contributed by atoms with Gasteiger partial charge in [0.25, 0.3) is 0 Å². The van der Waals surface area contributed by atoms with Gasteiger partial charge in [-0.1, -0.05) is 232 Å². The number of hydrogen-bond donors (Lipinski definition) is 0. The molecule has 1 nitrogen and oxygen atoms in total. The molecule has 0 heterocycles. The summed E-state index contributed by atoms with van der Waals surface area (Å²) < 4.78 is 0. The fourth-order valence-electron chi connectivity index (χ4n) is 12.5. The smallest absolute Gasteiger partial charge is 0.0540 e. The van der Waals surface area contributed by atoms with E-state index in [9.17, 15) is 0 Å². The van der Waals surface area contributed by atoms with Crippen LogP contribution in [-0.4, -0.2) is 0 Å². The largest absolute Gasteiger partial charge is 0.309 e. The van der Waals surface area contributed by atoms with Gasteiger partial charge in [-0.25, -0.2) is 0 Å². The molecule has 1 unspecified atom stereocenters. The molecule has 0 spiro atoms. The standard InChI is InChI=1S/C68H53N/c1-68(50-27-6-3-7-28-50)62-39-13-10-33-61(62)67-60(38-20-40-63(67)68)58-32-12-15-42-65(58)69(51-29-16-26-49(45-51)53-34-19-36-55-52-30-9-8-23-47(52)43-44-56(53)55)64-41-14-11-31-57(64)59-37-18-25-48-24-17-35-54(66(48)59)46-21-4-2-5-22-46/h3,6-20,23-46H,2,4-5,21-22H2,1H3. The highest BCUT2D eigenvalue weighted by Crippen LogP contribution is 2.57. The number of para-hydroxylation sites is 2. The normalized spacial score (nSPS) is 15.6. The molecule has 330 valence electrons. The van der Waals surface area contributed by atoms with Crippen molar-refractivity contribution in [3.05, 3.63) is 259 Å². The predicted molar refractivity (Wildman–Crippen MR) is 293 cm³/mol. The SMILES string of the molecule is CC1(c2ccccc2)c2ccccc2-c2c(-c3ccccc3N(c3cccc(-c4cccc5c4ccc4ccccc45)c3)c3ccccc3-c3cccc4cccc(C5CCCCC5)c34)cccc21. The Balaban J connectivity index is 1.07. The molecule has 1 heteroatoms. The van der Waals surface area contributed by atoms with E-state index in [1.165, 1.54) is 131 Å². The molecule has 0 aliphatic heterocycles. The lowest BCUT2D eigenvalue weighted by Gasteiger charge is -2.31. The molecule has 1 atom stereocenters. The second-order valence-corrected chi connectivity index (χ2v) is 19.5. The first-order chi connectivity index (χ1) is 34.1. The maximum absolute atomic E-state index is 2.56. The first kappa shape index (κ1) is 41.2. The molecule has 0 saturated heterocycles. The number of hydrogen-bond acceptors (Lipinski definition) is 1. The maximum atomic E-state index is 2.56. The van der Waals surface area contributed by atoms with E-state index in [0.29, 0.717) is 5.92 Å². The van der Waals surface area contributed by atoms with E-state index in [1.54, 1.807) is 0 Å². The van der Waals surface area contributed by atoms with Crippen molar-refractivity contribution < 1.29 is 0 Å². The molecule has 1 saturated carbocycles. The van der Waals surface area contributed by atoms with E-state index in [0.717, 1.165) is 17.1 Å². The fraction of sp³-hybridized carbons (Fsp3) is 0.118. The van der Waals surface area contributed by atoms with Crippen LogP contribution in [0.25, 0.3) is 76.8 Å². The first-order valence-electron chi connectivity index (χ1n) is 25.0. The van der Waals surface area contributed by atoms with Crippen molar-refractivity contribution in [1.29, 1.82) is 0 Å². The van der Waals surface area contributed by atoms with Gasteiger partial charge in [-0.15, -0.1) is 0 Å². The minimum absolute atomic E-state index is 0.313. The van der Waals surface area contributed by atoms with Gasteiger partial charge in [-0.2, -0.15) is 0 Å². The van der Waals surface area contributed by atoms with Gasteiger partial charge in [0.1, 0.15) is 0 Å². The van der Waals surface area contributed by atoms with E-state index in [-0.39, 0.29) is 5.41 Å². The van der Waals surface area contributed by atoms with Crippen molar-refractivity contribution in [3.8, 4) is 44.5 Å². The molecule has 2 aliphatic carbocycles. The Kier molecular flexibility index (Phi) is 10.1. The highest BCUT2D eigenvalue weighted by molar-refractivity contribution is 6.12. The fourth-order valence-corrected chi connectivity index (χ4v) is 12.5. The highest BCUT2D eigenvalue weighted by atomic mass is 15.1. The maximum Gasteiger partial charge on any atom is 0.0540 e. The first-order valence-corrected chi connectivity index (χ1v) is 25.0. The van der Waals surface area contributed by atoms with E-state index in [1.807, 2.05) is 0 Å². The third-order valence-electron chi connectivity index (χ3n) is 15.7. The van der Waals surface area contributed by atoms with Crippen molar-refractivity contribution >= 4 is 49.4 Å². The lowest BCUT2D eigenvalue weighted by Crippen LogP contribution is -2.22. The summed E-state index contributed by atoms with van der Waals surface area (Å²) in [5.41, 5.74) is 18.5. The molecule has 2 aliphatic rings. The summed E-state index contributed by atoms with van der Waals surface area (Å²) in [7, 11) is 0. The van der Waals surface area contributed by atoms with E-state index >= 15 is 0 Å². The summed E-state index contributed by atoms with van der Waals surface area (Å²) in [6.45, 7) is 2.42. The van der Waals surface area contributed by atoms with E-state index in [4.69, 9.17) is 0 Å². The lowest BCUT2D eigenvalue weighted by atomic mass is 9.74. The molecule has 0 N–H and O–H groups in total. The van der Waals surface area contributed by atoms with Crippen LogP contribution in [-0.2, 0) is 5.41 Å². The topological polar surface area (TPSA) is 3.24 Å². The summed E-state index contributed by atoms with van der Waals surface area (Å²) in [5, 5.41) is 7.76. The van der Waals surface area contributed by atoms with E-state index in [2.05, 4.69) is 248 Å². The Hall–Kier alpha value is -8.00. The molecule has 0 amide bonds. The average molecular weight is 884 g/mol. The number of rotatable bonds is 8. The summed E-state index contributed by atoms with van der Waals surface area (Å²) in [4.78, 5) is 2.56. The molecule has 1 fully saturated rings. The second kappa shape index (κ2) is 17.0. The van der Waals surface area contributed by atoms with Gasteiger partial charge in [0.15, 0.2) is 0 Å². The van der Waals surface area contributed by atoms with Crippen molar-refractivity contribution in [2.24, 2.45) is 0 Å². The lowest BCUT2D eigenvalue weighted by molar-refractivity contribution is 0.445. The molecular weight excluding hydrogens is 831 g/mol. The van der Waals surface area contributed by atoms with Crippen molar-refractivity contribution in [2.45, 2.75) is 50.4 Å². The summed E-state index contributed by atoms with van der Waals surface area (Å²) in [6.07, 6.45) is 6.43. The van der Waals surface area contributed by atoms with E-state index < -0.39 is 0 Å². The third-order valence-corrected chi connectivity index (χ3v) is 15.7. The second-order valence-electron chi connectivity index (χ2n) is 19.5. The zero-order chi connectivity index (χ0) is 45.9. The molecule has 0 radical (unpaired) electrons. The van der Waals surface area contributed by atoms with Gasteiger partial charge in [0.2, 0.25) is 0 Å². The Morgan fingerprint density at radius 3 is 1.80 bits per heavy atom. The van der Waals surface area contributed by atoms with Crippen LogP contribution in [0.15, 0.2) is 237 Å². The quantitative estimate of drug-likeness (QED) is 0.137. The Labute approximate surface area is 406 Å². The van der Waals surface area contributed by atoms with Gasteiger partial charge in [-0.3, -0.25) is 0 Å². The number of anilines is 3. The molecule has 69 heavy (non-hydrogen) atoms. The van der Waals surface area contributed by atoms with Gasteiger partial charge < -0.3 is 4.90 Å². The summed E-state index contributed by atoms with van der Waals surface area (Å²) in [5.74, 6) is 0.562. The van der Waals surface area contributed by atoms with Crippen LogP contribution < -0.4 is 4.90 Å². The van der Waals surface area contributed by atoms with Crippen LogP contribution in [0, 0.1) is 0 Å². The zero-order valence-electron chi connectivity index (χ0n) is 39.1. The Bertz CT molecular complexity index is 3740. The van der Waals surface area contributed by atoms with Crippen LogP contribution in [0.1, 0.15) is 67.2 Å². The predicted octanol–water partition coefficient (Wildman–Crippen LogP) is 19.0.